The van der Waals surface area contributed by atoms with E-state index in [9.17, 15) is 9.18 Å². The average molecular weight is 377 g/mol. The van der Waals surface area contributed by atoms with Crippen molar-refractivity contribution in [3.63, 3.8) is 0 Å². The molecular formula is C21H33FN4O. The molecule has 3 rings (SSSR count). The maximum absolute atomic E-state index is 13.1. The van der Waals surface area contributed by atoms with Gasteiger partial charge in [0.25, 0.3) is 0 Å². The lowest BCUT2D eigenvalue weighted by Crippen LogP contribution is -2.55. The van der Waals surface area contributed by atoms with Gasteiger partial charge in [0, 0.05) is 57.4 Å². The number of carbonyl (C=O) groups excluding carboxylic acids is 1. The van der Waals surface area contributed by atoms with Gasteiger partial charge in [-0.05, 0) is 56.5 Å². The number of anilines is 1. The van der Waals surface area contributed by atoms with E-state index in [-0.39, 0.29) is 5.82 Å². The van der Waals surface area contributed by atoms with Crippen LogP contribution in [-0.4, -0.2) is 67.6 Å². The largest absolute Gasteiger partial charge is 0.369 e. The molecule has 0 spiro atoms. The van der Waals surface area contributed by atoms with Gasteiger partial charge >= 0.3 is 0 Å². The van der Waals surface area contributed by atoms with Gasteiger partial charge in [0.05, 0.1) is 0 Å². The lowest BCUT2D eigenvalue weighted by Gasteiger charge is -2.44. The van der Waals surface area contributed by atoms with Gasteiger partial charge < -0.3 is 15.5 Å². The molecule has 0 aliphatic carbocycles. The van der Waals surface area contributed by atoms with Crippen LogP contribution >= 0.6 is 0 Å². The number of nitrogens with two attached hydrogens (primary N) is 1. The van der Waals surface area contributed by atoms with Crippen molar-refractivity contribution >= 4 is 11.6 Å². The number of hydrogen-bond acceptors (Lipinski definition) is 4. The molecule has 5 nitrogen and oxygen atoms in total. The van der Waals surface area contributed by atoms with Gasteiger partial charge in [-0.25, -0.2) is 4.39 Å². The first-order chi connectivity index (χ1) is 13.2. The van der Waals surface area contributed by atoms with Crippen molar-refractivity contribution in [2.45, 2.75) is 44.6 Å². The molecule has 1 atom stereocenters. The van der Waals surface area contributed by atoms with Crippen LogP contribution in [-0.2, 0) is 4.79 Å². The minimum absolute atomic E-state index is 0.188. The number of unbranched alkanes of at least 4 members (excludes halogenated alkanes) is 2. The molecule has 0 radical (unpaired) electrons. The summed E-state index contributed by atoms with van der Waals surface area (Å²) in [6.07, 6.45) is 5.93. The topological polar surface area (TPSA) is 52.8 Å². The van der Waals surface area contributed by atoms with E-state index >= 15 is 0 Å². The quantitative estimate of drug-likeness (QED) is 0.743. The summed E-state index contributed by atoms with van der Waals surface area (Å²) in [5.74, 6) is 0.119. The van der Waals surface area contributed by atoms with E-state index < -0.39 is 0 Å². The van der Waals surface area contributed by atoms with E-state index in [1.54, 1.807) is 0 Å². The fourth-order valence-electron chi connectivity index (χ4n) is 4.23. The molecule has 2 aliphatic heterocycles. The minimum Gasteiger partial charge on any atom is -0.369 e. The number of nitrogens with zero attached hydrogens (tertiary/aromatic N) is 3. The van der Waals surface area contributed by atoms with E-state index in [0.717, 1.165) is 70.6 Å². The molecule has 1 aromatic rings. The van der Waals surface area contributed by atoms with Crippen molar-refractivity contribution in [3.05, 3.63) is 30.1 Å². The Bertz CT molecular complexity index is 586. The summed E-state index contributed by atoms with van der Waals surface area (Å²) >= 11 is 0. The van der Waals surface area contributed by atoms with Gasteiger partial charge in [-0.3, -0.25) is 9.69 Å². The monoisotopic (exact) mass is 376 g/mol. The van der Waals surface area contributed by atoms with E-state index in [0.29, 0.717) is 24.9 Å². The maximum atomic E-state index is 13.1. The second-order valence-corrected chi connectivity index (χ2v) is 7.73. The number of rotatable bonds is 7. The molecule has 2 saturated heterocycles. The van der Waals surface area contributed by atoms with Crippen LogP contribution in [0.2, 0.25) is 0 Å². The van der Waals surface area contributed by atoms with Crippen molar-refractivity contribution in [1.82, 2.24) is 9.80 Å². The third-order valence-corrected chi connectivity index (χ3v) is 5.87. The summed E-state index contributed by atoms with van der Waals surface area (Å²) in [5, 5.41) is 0. The number of carbonyl (C=O) groups is 1. The van der Waals surface area contributed by atoms with Crippen LogP contribution in [0.5, 0.6) is 0 Å². The molecule has 0 aromatic heterocycles. The van der Waals surface area contributed by atoms with Gasteiger partial charge in [-0.2, -0.15) is 0 Å². The Morgan fingerprint density at radius 2 is 1.78 bits per heavy atom. The smallest absolute Gasteiger partial charge is 0.222 e. The number of piperidine rings is 1. The number of benzene rings is 1. The van der Waals surface area contributed by atoms with Crippen LogP contribution in [0.25, 0.3) is 0 Å². The molecule has 2 N–H and O–H groups in total. The van der Waals surface area contributed by atoms with Crippen LogP contribution in [0.1, 0.15) is 38.5 Å². The molecule has 27 heavy (non-hydrogen) atoms. The van der Waals surface area contributed by atoms with Crippen LogP contribution in [0.15, 0.2) is 24.3 Å². The second kappa shape index (κ2) is 10.0. The first-order valence-corrected chi connectivity index (χ1v) is 10.4. The second-order valence-electron chi connectivity index (χ2n) is 7.73. The summed E-state index contributed by atoms with van der Waals surface area (Å²) in [6, 6.07) is 7.25. The molecule has 2 aliphatic rings. The highest BCUT2D eigenvalue weighted by Gasteiger charge is 2.29. The van der Waals surface area contributed by atoms with Crippen molar-refractivity contribution < 1.29 is 9.18 Å². The third-order valence-electron chi connectivity index (χ3n) is 5.87. The van der Waals surface area contributed by atoms with Crippen molar-refractivity contribution in [1.29, 1.82) is 0 Å². The summed E-state index contributed by atoms with van der Waals surface area (Å²) in [4.78, 5) is 19.4. The van der Waals surface area contributed by atoms with Gasteiger partial charge in [0.2, 0.25) is 5.91 Å². The molecule has 2 fully saturated rings. The first kappa shape index (κ1) is 20.1. The average Bonchev–Trinajstić information content (AvgIpc) is 2.72. The van der Waals surface area contributed by atoms with E-state index in [2.05, 4.69) is 14.7 Å². The minimum atomic E-state index is -0.188. The van der Waals surface area contributed by atoms with Crippen LogP contribution < -0.4 is 10.6 Å². The molecule has 1 amide bonds. The van der Waals surface area contributed by atoms with Crippen LogP contribution in [0.4, 0.5) is 10.1 Å². The highest BCUT2D eigenvalue weighted by molar-refractivity contribution is 5.76. The zero-order valence-electron chi connectivity index (χ0n) is 16.3. The summed E-state index contributed by atoms with van der Waals surface area (Å²) in [6.45, 7) is 6.39. The Morgan fingerprint density at radius 1 is 1.04 bits per heavy atom. The highest BCUT2D eigenvalue weighted by Crippen LogP contribution is 2.22. The van der Waals surface area contributed by atoms with Gasteiger partial charge in [0.1, 0.15) is 5.82 Å². The molecule has 6 heteroatoms. The predicted octanol–water partition coefficient (Wildman–Crippen LogP) is 2.46. The van der Waals surface area contributed by atoms with Crippen molar-refractivity contribution in [3.8, 4) is 0 Å². The molecule has 150 valence electrons. The van der Waals surface area contributed by atoms with Crippen LogP contribution in [0.3, 0.4) is 0 Å². The standard InChI is InChI=1S/C21H33FN4O/c22-18-7-9-19(10-8-18)24-13-15-25(16-14-24)20-5-4-12-26(17-20)21(27)6-2-1-3-11-23/h7-10,20H,1-6,11-17,23H2/t20-/m1/s1. The van der Waals surface area contributed by atoms with Crippen molar-refractivity contribution in [2.75, 3.05) is 50.7 Å². The SMILES string of the molecule is NCCCCCC(=O)N1CCC[C@@H](N2CCN(c3ccc(F)cc3)CC2)C1. The number of amides is 1. The molecule has 2 heterocycles. The lowest BCUT2D eigenvalue weighted by atomic mass is 10.0. The fraction of sp³-hybridized carbons (Fsp3) is 0.667. The van der Waals surface area contributed by atoms with E-state index in [1.165, 1.54) is 18.6 Å². The van der Waals surface area contributed by atoms with E-state index in [4.69, 9.17) is 5.73 Å². The number of halogens is 1. The number of hydrogen-bond donors (Lipinski definition) is 1. The predicted molar refractivity (Wildman–Crippen MR) is 107 cm³/mol. The molecule has 1 aromatic carbocycles. The molecular weight excluding hydrogens is 343 g/mol. The Morgan fingerprint density at radius 3 is 2.48 bits per heavy atom. The van der Waals surface area contributed by atoms with E-state index in [1.807, 2.05) is 12.1 Å². The number of piperazine rings is 1. The first-order valence-electron chi connectivity index (χ1n) is 10.4. The normalized spacial score (nSPS) is 21.5. The number of likely N-dealkylation sites (tertiary alicyclic amines) is 1. The maximum Gasteiger partial charge on any atom is 0.222 e. The van der Waals surface area contributed by atoms with Gasteiger partial charge in [-0.1, -0.05) is 6.42 Å². The summed E-state index contributed by atoms with van der Waals surface area (Å²) in [5.41, 5.74) is 6.61. The Hall–Kier alpha value is -1.66. The molecule has 0 unspecified atom stereocenters. The Balaban J connectivity index is 1.45. The summed E-state index contributed by atoms with van der Waals surface area (Å²) in [7, 11) is 0. The van der Waals surface area contributed by atoms with Gasteiger partial charge in [0.15, 0.2) is 0 Å². The molecule has 0 saturated carbocycles. The highest BCUT2D eigenvalue weighted by atomic mass is 19.1. The third kappa shape index (κ3) is 5.66. The lowest BCUT2D eigenvalue weighted by molar-refractivity contribution is -0.133. The zero-order valence-corrected chi connectivity index (χ0v) is 16.3. The van der Waals surface area contributed by atoms with Crippen molar-refractivity contribution in [2.24, 2.45) is 5.73 Å². The zero-order chi connectivity index (χ0) is 19.1. The van der Waals surface area contributed by atoms with Gasteiger partial charge in [-0.15, -0.1) is 0 Å². The Kier molecular flexibility index (Phi) is 7.47. The Labute approximate surface area is 162 Å². The fourth-order valence-corrected chi connectivity index (χ4v) is 4.23. The molecule has 0 bridgehead atoms. The summed E-state index contributed by atoms with van der Waals surface area (Å²) < 4.78 is 13.1. The van der Waals surface area contributed by atoms with Crippen LogP contribution in [0, 0.1) is 5.82 Å².